The SMILES string of the molecule is CCCCN1C(=O)C(CC2CCCCC2)NC(=O)C12CC[N+](C)(C(C)c1ccc3c(c1)OCCO3)CC2. The van der Waals surface area contributed by atoms with Crippen molar-refractivity contribution in [2.45, 2.75) is 95.7 Å². The average Bonchev–Trinajstić information content (AvgIpc) is 2.93. The van der Waals surface area contributed by atoms with Crippen molar-refractivity contribution in [3.8, 4) is 11.5 Å². The number of carbonyl (C=O) groups is 2. The topological polar surface area (TPSA) is 67.9 Å². The van der Waals surface area contributed by atoms with Gasteiger partial charge in [-0.1, -0.05) is 45.4 Å². The van der Waals surface area contributed by atoms with E-state index in [0.717, 1.165) is 48.3 Å². The molecule has 3 aliphatic heterocycles. The second-order valence-electron chi connectivity index (χ2n) is 12.1. The van der Waals surface area contributed by atoms with Gasteiger partial charge < -0.3 is 24.2 Å². The molecule has 1 aliphatic carbocycles. The number of fused-ring (bicyclic) bond motifs is 1. The van der Waals surface area contributed by atoms with Crippen LogP contribution in [-0.4, -0.2) is 72.7 Å². The number of nitrogens with one attached hydrogen (secondary N) is 1. The first-order chi connectivity index (χ1) is 17.9. The summed E-state index contributed by atoms with van der Waals surface area (Å²) in [5, 5.41) is 3.24. The van der Waals surface area contributed by atoms with E-state index in [4.69, 9.17) is 9.47 Å². The van der Waals surface area contributed by atoms with Gasteiger partial charge in [-0.05, 0) is 43.9 Å². The van der Waals surface area contributed by atoms with Crippen LogP contribution in [-0.2, 0) is 9.59 Å². The molecule has 7 heteroatoms. The molecule has 2 atom stereocenters. The number of piperazine rings is 1. The molecule has 2 saturated heterocycles. The molecule has 2 amide bonds. The second-order valence-corrected chi connectivity index (χ2v) is 12.1. The zero-order chi connectivity index (χ0) is 26.0. The Morgan fingerprint density at radius 2 is 1.78 bits per heavy atom. The van der Waals surface area contributed by atoms with Crippen LogP contribution in [0.2, 0.25) is 0 Å². The first-order valence-corrected chi connectivity index (χ1v) is 14.7. The standard InChI is InChI=1S/C30H45N3O4/c1-4-5-15-32-28(34)25(20-23-9-7-6-8-10-23)31-29(35)30(32)13-16-33(3,17-14-30)22(2)24-11-12-26-27(21-24)37-19-18-36-26/h11-12,21-23,25H,4-10,13-20H2,1-3H3/p+1. The molecule has 0 radical (unpaired) electrons. The van der Waals surface area contributed by atoms with Crippen molar-refractivity contribution < 1.29 is 23.5 Å². The van der Waals surface area contributed by atoms with Gasteiger partial charge in [-0.15, -0.1) is 0 Å². The Hall–Kier alpha value is -2.28. The van der Waals surface area contributed by atoms with Crippen molar-refractivity contribution in [2.24, 2.45) is 5.92 Å². The molecule has 0 aromatic heterocycles. The van der Waals surface area contributed by atoms with Gasteiger partial charge in [0, 0.05) is 24.9 Å². The number of unbranched alkanes of at least 4 members (excludes halogenated alkanes) is 1. The quantitative estimate of drug-likeness (QED) is 0.543. The van der Waals surface area contributed by atoms with E-state index in [0.29, 0.717) is 38.5 Å². The molecule has 3 heterocycles. The number of piperidine rings is 1. The number of carbonyl (C=O) groups excluding carboxylic acids is 2. The first-order valence-electron chi connectivity index (χ1n) is 14.7. The number of hydrogen-bond acceptors (Lipinski definition) is 4. The molecule has 37 heavy (non-hydrogen) atoms. The highest BCUT2D eigenvalue weighted by Gasteiger charge is 2.56. The normalized spacial score (nSPS) is 31.3. The Morgan fingerprint density at radius 3 is 2.49 bits per heavy atom. The highest BCUT2D eigenvalue weighted by Crippen LogP contribution is 2.42. The number of rotatable bonds is 7. The van der Waals surface area contributed by atoms with Crippen molar-refractivity contribution in [1.29, 1.82) is 0 Å². The van der Waals surface area contributed by atoms with Gasteiger partial charge in [-0.25, -0.2) is 0 Å². The van der Waals surface area contributed by atoms with E-state index in [-0.39, 0.29) is 23.9 Å². The third kappa shape index (κ3) is 5.08. The molecular weight excluding hydrogens is 466 g/mol. The van der Waals surface area contributed by atoms with Crippen molar-refractivity contribution in [2.75, 3.05) is 39.9 Å². The van der Waals surface area contributed by atoms with Crippen LogP contribution in [0.15, 0.2) is 18.2 Å². The minimum absolute atomic E-state index is 0.0854. The molecular formula is C30H46N3O4+. The van der Waals surface area contributed by atoms with Gasteiger partial charge in [0.2, 0.25) is 11.8 Å². The second kappa shape index (κ2) is 10.8. The Labute approximate surface area is 222 Å². The fraction of sp³-hybridized carbons (Fsp3) is 0.733. The highest BCUT2D eigenvalue weighted by molar-refractivity contribution is 6.00. The van der Waals surface area contributed by atoms with E-state index >= 15 is 0 Å². The summed E-state index contributed by atoms with van der Waals surface area (Å²) in [6.45, 7) is 7.99. The third-order valence-electron chi connectivity index (χ3n) is 9.89. The molecule has 3 fully saturated rings. The van der Waals surface area contributed by atoms with E-state index in [1.807, 2.05) is 11.0 Å². The zero-order valence-electron chi connectivity index (χ0n) is 23.1. The lowest BCUT2D eigenvalue weighted by Gasteiger charge is -2.55. The maximum atomic E-state index is 13.9. The van der Waals surface area contributed by atoms with Crippen LogP contribution in [0.25, 0.3) is 0 Å². The summed E-state index contributed by atoms with van der Waals surface area (Å²) in [7, 11) is 2.29. The summed E-state index contributed by atoms with van der Waals surface area (Å²) >= 11 is 0. The summed E-state index contributed by atoms with van der Waals surface area (Å²) in [5.74, 6) is 2.44. The molecule has 204 valence electrons. The molecule has 1 spiro atoms. The molecule has 1 saturated carbocycles. The van der Waals surface area contributed by atoms with Crippen molar-refractivity contribution in [3.63, 3.8) is 0 Å². The fourth-order valence-electron chi connectivity index (χ4n) is 7.11. The lowest BCUT2D eigenvalue weighted by molar-refractivity contribution is -0.943. The van der Waals surface area contributed by atoms with E-state index < -0.39 is 5.54 Å². The average molecular weight is 513 g/mol. The highest BCUT2D eigenvalue weighted by atomic mass is 16.6. The predicted octanol–water partition coefficient (Wildman–Crippen LogP) is 4.60. The van der Waals surface area contributed by atoms with Crippen molar-refractivity contribution in [1.82, 2.24) is 10.2 Å². The Kier molecular flexibility index (Phi) is 7.71. The molecule has 1 aromatic rings. The molecule has 1 aromatic carbocycles. The van der Waals surface area contributed by atoms with Crippen LogP contribution in [0, 0.1) is 5.92 Å². The van der Waals surface area contributed by atoms with E-state index in [2.05, 4.69) is 38.3 Å². The van der Waals surface area contributed by atoms with Gasteiger partial charge in [0.1, 0.15) is 30.8 Å². The Balaban J connectivity index is 1.31. The van der Waals surface area contributed by atoms with Crippen LogP contribution >= 0.6 is 0 Å². The Bertz CT molecular complexity index is 981. The smallest absolute Gasteiger partial charge is 0.247 e. The lowest BCUT2D eigenvalue weighted by Crippen LogP contribution is -2.74. The van der Waals surface area contributed by atoms with Crippen LogP contribution in [0.5, 0.6) is 11.5 Å². The minimum Gasteiger partial charge on any atom is -0.486 e. The van der Waals surface area contributed by atoms with Crippen molar-refractivity contribution in [3.05, 3.63) is 23.8 Å². The van der Waals surface area contributed by atoms with Crippen LogP contribution in [0.4, 0.5) is 0 Å². The van der Waals surface area contributed by atoms with Crippen LogP contribution in [0.3, 0.4) is 0 Å². The summed E-state index contributed by atoms with van der Waals surface area (Å²) < 4.78 is 12.4. The Morgan fingerprint density at radius 1 is 1.08 bits per heavy atom. The summed E-state index contributed by atoms with van der Waals surface area (Å²) in [6.07, 6.45) is 10.3. The third-order valence-corrected chi connectivity index (χ3v) is 9.89. The maximum absolute atomic E-state index is 13.9. The number of ether oxygens (including phenoxy) is 2. The van der Waals surface area contributed by atoms with E-state index in [9.17, 15) is 9.59 Å². The first kappa shape index (κ1) is 26.3. The molecule has 7 nitrogen and oxygen atoms in total. The van der Waals surface area contributed by atoms with Gasteiger partial charge in [0.25, 0.3) is 0 Å². The predicted molar refractivity (Wildman–Crippen MR) is 143 cm³/mol. The van der Waals surface area contributed by atoms with E-state index in [1.54, 1.807) is 0 Å². The molecule has 4 aliphatic rings. The molecule has 1 N–H and O–H groups in total. The number of nitrogens with zero attached hydrogens (tertiary/aromatic N) is 2. The number of benzene rings is 1. The van der Waals surface area contributed by atoms with E-state index in [1.165, 1.54) is 37.7 Å². The van der Waals surface area contributed by atoms with Gasteiger partial charge in [0.05, 0.1) is 20.1 Å². The molecule has 0 bridgehead atoms. The molecule has 5 rings (SSSR count). The zero-order valence-corrected chi connectivity index (χ0v) is 23.1. The maximum Gasteiger partial charge on any atom is 0.247 e. The van der Waals surface area contributed by atoms with Gasteiger partial charge >= 0.3 is 0 Å². The minimum atomic E-state index is -0.709. The summed E-state index contributed by atoms with van der Waals surface area (Å²) in [5.41, 5.74) is 0.516. The van der Waals surface area contributed by atoms with Gasteiger partial charge in [-0.3, -0.25) is 9.59 Å². The van der Waals surface area contributed by atoms with Crippen LogP contribution < -0.4 is 14.8 Å². The lowest BCUT2D eigenvalue weighted by atomic mass is 9.78. The number of likely N-dealkylation sites (tertiary alicyclic amines) is 1. The summed E-state index contributed by atoms with van der Waals surface area (Å²) in [4.78, 5) is 29.7. The number of hydrogen-bond donors (Lipinski definition) is 1. The largest absolute Gasteiger partial charge is 0.486 e. The number of amides is 2. The van der Waals surface area contributed by atoms with Crippen molar-refractivity contribution >= 4 is 11.8 Å². The van der Waals surface area contributed by atoms with Crippen LogP contribution in [0.1, 0.15) is 89.7 Å². The molecule has 2 unspecified atom stereocenters. The number of quaternary nitrogens is 1. The fourth-order valence-corrected chi connectivity index (χ4v) is 7.11. The summed E-state index contributed by atoms with van der Waals surface area (Å²) in [6, 6.07) is 6.18. The van der Waals surface area contributed by atoms with Gasteiger partial charge in [0.15, 0.2) is 11.5 Å². The monoisotopic (exact) mass is 512 g/mol. The van der Waals surface area contributed by atoms with Gasteiger partial charge in [-0.2, -0.15) is 0 Å².